The lowest BCUT2D eigenvalue weighted by atomic mass is 10.0. The lowest BCUT2D eigenvalue weighted by molar-refractivity contribution is 0.0729. The molecule has 0 spiro atoms. The molecule has 1 unspecified atom stereocenters. The highest BCUT2D eigenvalue weighted by molar-refractivity contribution is 5.96. The number of methoxy groups -OCH3 is 1. The van der Waals surface area contributed by atoms with E-state index < -0.39 is 11.9 Å². The lowest BCUT2D eigenvalue weighted by Crippen LogP contribution is -2.38. The molecular weight excluding hydrogens is 530 g/mol. The summed E-state index contributed by atoms with van der Waals surface area (Å²) in [5.74, 6) is -0.535. The van der Waals surface area contributed by atoms with Gasteiger partial charge in [0.2, 0.25) is 11.6 Å². The van der Waals surface area contributed by atoms with E-state index >= 15 is 0 Å². The predicted octanol–water partition coefficient (Wildman–Crippen LogP) is 2.60. The smallest absolute Gasteiger partial charge is 0.343 e. The molecular formula is C27H29N9O5. The molecule has 5 rings (SSSR count). The minimum Gasteiger partial charge on any atom is -0.493 e. The van der Waals surface area contributed by atoms with Gasteiger partial charge in [-0.3, -0.25) is 9.69 Å². The Morgan fingerprint density at radius 2 is 2.00 bits per heavy atom. The fraction of sp³-hybridized carbons (Fsp3) is 0.296. The topological polar surface area (TPSA) is 176 Å². The molecule has 0 saturated carbocycles. The van der Waals surface area contributed by atoms with Crippen LogP contribution < -0.4 is 20.6 Å². The Hall–Kier alpha value is -5.11. The molecule has 0 bridgehead atoms. The maximum atomic E-state index is 13.3. The molecule has 1 aliphatic heterocycles. The summed E-state index contributed by atoms with van der Waals surface area (Å²) in [6, 6.07) is 13.9. The van der Waals surface area contributed by atoms with Crippen molar-refractivity contribution >= 4 is 23.9 Å². The number of para-hydroxylation sites is 1. The summed E-state index contributed by atoms with van der Waals surface area (Å²) in [5, 5.41) is 19.7. The van der Waals surface area contributed by atoms with Gasteiger partial charge in [0.1, 0.15) is 0 Å². The predicted molar refractivity (Wildman–Crippen MR) is 147 cm³/mol. The fourth-order valence-electron chi connectivity index (χ4n) is 4.56. The quantitative estimate of drug-likeness (QED) is 0.133. The molecule has 1 saturated heterocycles. The first-order valence-electron chi connectivity index (χ1n) is 13.0. The van der Waals surface area contributed by atoms with Gasteiger partial charge in [-0.1, -0.05) is 35.9 Å². The summed E-state index contributed by atoms with van der Waals surface area (Å²) < 4.78 is 17.1. The second-order valence-corrected chi connectivity index (χ2v) is 9.42. The molecule has 1 amide bonds. The van der Waals surface area contributed by atoms with E-state index in [9.17, 15) is 9.59 Å². The molecule has 41 heavy (non-hydrogen) atoms. The SMILES string of the molecule is COc1cccc(/C=N\NC(=O)c2nnn(-c3nonc3N)c2CN2CCCCC2C)c1OC(=O)c1ccccc1. The van der Waals surface area contributed by atoms with E-state index in [-0.39, 0.29) is 23.1 Å². The third-order valence-electron chi connectivity index (χ3n) is 6.77. The van der Waals surface area contributed by atoms with Crippen molar-refractivity contribution in [2.45, 2.75) is 38.8 Å². The van der Waals surface area contributed by atoms with Crippen LogP contribution in [-0.4, -0.2) is 68.0 Å². The number of ether oxygens (including phenoxy) is 2. The van der Waals surface area contributed by atoms with Gasteiger partial charge in [0.15, 0.2) is 17.2 Å². The van der Waals surface area contributed by atoms with E-state index in [0.29, 0.717) is 35.2 Å². The maximum absolute atomic E-state index is 13.3. The minimum absolute atomic E-state index is 0.0171. The fourth-order valence-corrected chi connectivity index (χ4v) is 4.56. The van der Waals surface area contributed by atoms with Crippen LogP contribution in [-0.2, 0) is 6.54 Å². The van der Waals surface area contributed by atoms with Gasteiger partial charge >= 0.3 is 5.97 Å². The minimum atomic E-state index is -0.604. The van der Waals surface area contributed by atoms with Crippen molar-refractivity contribution in [2.24, 2.45) is 5.10 Å². The number of hydrogen-bond acceptors (Lipinski definition) is 12. The number of nitrogen functional groups attached to an aromatic ring is 1. The van der Waals surface area contributed by atoms with Gasteiger partial charge in [-0.2, -0.15) is 9.78 Å². The van der Waals surface area contributed by atoms with Gasteiger partial charge in [-0.15, -0.1) is 5.10 Å². The number of likely N-dealkylation sites (tertiary alicyclic amines) is 1. The second kappa shape index (κ2) is 12.4. The van der Waals surface area contributed by atoms with Crippen LogP contribution in [0.5, 0.6) is 11.5 Å². The normalized spacial score (nSPS) is 15.6. The molecule has 1 aliphatic rings. The molecule has 3 N–H and O–H groups in total. The van der Waals surface area contributed by atoms with Gasteiger partial charge in [-0.05, 0) is 60.9 Å². The van der Waals surface area contributed by atoms with E-state index in [4.69, 9.17) is 19.8 Å². The number of nitrogens with two attached hydrogens (primary N) is 1. The molecule has 14 heteroatoms. The maximum Gasteiger partial charge on any atom is 0.343 e. The molecule has 1 atom stereocenters. The molecule has 1 fully saturated rings. The molecule has 2 aromatic carbocycles. The summed E-state index contributed by atoms with van der Waals surface area (Å²) in [6.07, 6.45) is 4.58. The first-order valence-corrected chi connectivity index (χ1v) is 13.0. The number of nitrogens with zero attached hydrogens (tertiary/aromatic N) is 7. The van der Waals surface area contributed by atoms with E-state index in [2.05, 4.69) is 43.0 Å². The van der Waals surface area contributed by atoms with Crippen molar-refractivity contribution in [1.29, 1.82) is 0 Å². The third kappa shape index (κ3) is 6.06. The first kappa shape index (κ1) is 27.5. The molecule has 3 heterocycles. The van der Waals surface area contributed by atoms with Crippen molar-refractivity contribution in [3.8, 4) is 17.3 Å². The highest BCUT2D eigenvalue weighted by atomic mass is 16.6. The number of benzene rings is 2. The lowest BCUT2D eigenvalue weighted by Gasteiger charge is -2.33. The zero-order valence-electron chi connectivity index (χ0n) is 22.6. The average molecular weight is 560 g/mol. The number of carbonyl (C=O) groups is 2. The molecule has 0 radical (unpaired) electrons. The number of rotatable bonds is 9. The Morgan fingerprint density at radius 3 is 2.73 bits per heavy atom. The number of esters is 1. The number of carbonyl (C=O) groups excluding carboxylic acids is 2. The van der Waals surface area contributed by atoms with Crippen molar-refractivity contribution < 1.29 is 23.7 Å². The van der Waals surface area contributed by atoms with Crippen LogP contribution in [0.3, 0.4) is 0 Å². The van der Waals surface area contributed by atoms with Crippen LogP contribution >= 0.6 is 0 Å². The summed E-state index contributed by atoms with van der Waals surface area (Å²) >= 11 is 0. The zero-order valence-corrected chi connectivity index (χ0v) is 22.6. The number of anilines is 1. The number of aromatic nitrogens is 5. The molecule has 212 valence electrons. The second-order valence-electron chi connectivity index (χ2n) is 9.42. The van der Waals surface area contributed by atoms with E-state index in [1.165, 1.54) is 18.0 Å². The van der Waals surface area contributed by atoms with E-state index in [1.807, 2.05) is 0 Å². The van der Waals surface area contributed by atoms with Gasteiger partial charge in [0.05, 0.1) is 24.6 Å². The van der Waals surface area contributed by atoms with Crippen LogP contribution in [0.15, 0.2) is 58.3 Å². The van der Waals surface area contributed by atoms with Crippen LogP contribution in [0.1, 0.15) is 58.3 Å². The third-order valence-corrected chi connectivity index (χ3v) is 6.77. The highest BCUT2D eigenvalue weighted by Gasteiger charge is 2.28. The van der Waals surface area contributed by atoms with Crippen molar-refractivity contribution in [3.63, 3.8) is 0 Å². The van der Waals surface area contributed by atoms with Crippen LogP contribution in [0.25, 0.3) is 5.82 Å². The standard InChI is InChI=1S/C27H29N9O5/c1-17-9-6-7-14-35(17)16-20-22(30-34-36(20)25-24(28)32-41-33-25)26(37)31-29-15-19-12-8-13-21(39-2)23(19)40-27(38)18-10-4-3-5-11-18/h3-5,8,10-13,15,17H,6-7,9,14,16H2,1-2H3,(H2,28,32)(H,31,37)/b29-15-. The Balaban J connectivity index is 1.38. The van der Waals surface area contributed by atoms with Gasteiger partial charge in [0, 0.05) is 18.2 Å². The summed E-state index contributed by atoms with van der Waals surface area (Å²) in [5.41, 5.74) is 9.67. The largest absolute Gasteiger partial charge is 0.493 e. The zero-order chi connectivity index (χ0) is 28.8. The number of hydrazone groups is 1. The molecule has 2 aromatic heterocycles. The van der Waals surface area contributed by atoms with Crippen LogP contribution in [0.4, 0.5) is 5.82 Å². The van der Waals surface area contributed by atoms with Crippen molar-refractivity contribution in [3.05, 3.63) is 71.0 Å². The Bertz CT molecular complexity index is 1550. The van der Waals surface area contributed by atoms with E-state index in [0.717, 1.165) is 25.8 Å². The van der Waals surface area contributed by atoms with E-state index in [1.54, 1.807) is 48.5 Å². The van der Waals surface area contributed by atoms with Crippen molar-refractivity contribution in [2.75, 3.05) is 19.4 Å². The number of piperidine rings is 1. The van der Waals surface area contributed by atoms with Gasteiger partial charge < -0.3 is 15.2 Å². The number of hydrogen-bond donors (Lipinski definition) is 2. The highest BCUT2D eigenvalue weighted by Crippen LogP contribution is 2.31. The number of amides is 1. The Labute approximate surface area is 235 Å². The monoisotopic (exact) mass is 559 g/mol. The van der Waals surface area contributed by atoms with Crippen molar-refractivity contribution in [1.82, 2.24) is 35.6 Å². The summed E-state index contributed by atoms with van der Waals surface area (Å²) in [7, 11) is 1.46. The Kier molecular flexibility index (Phi) is 8.29. The van der Waals surface area contributed by atoms with Crippen LogP contribution in [0.2, 0.25) is 0 Å². The first-order chi connectivity index (χ1) is 20.0. The van der Waals surface area contributed by atoms with Gasteiger partial charge in [-0.25, -0.2) is 14.8 Å². The number of nitrogens with one attached hydrogen (secondary N) is 1. The summed E-state index contributed by atoms with van der Waals surface area (Å²) in [4.78, 5) is 28.2. The van der Waals surface area contributed by atoms with Crippen LogP contribution in [0, 0.1) is 0 Å². The molecule has 0 aliphatic carbocycles. The Morgan fingerprint density at radius 1 is 1.17 bits per heavy atom. The summed E-state index contributed by atoms with van der Waals surface area (Å²) in [6.45, 7) is 3.38. The molecule has 14 nitrogen and oxygen atoms in total. The van der Waals surface area contributed by atoms with Gasteiger partial charge in [0.25, 0.3) is 5.91 Å². The average Bonchev–Trinajstić information content (AvgIpc) is 3.60. The molecule has 4 aromatic rings.